The van der Waals surface area contributed by atoms with Crippen molar-refractivity contribution in [1.82, 2.24) is 0 Å². The number of halogens is 1. The molecule has 0 aliphatic heterocycles. The summed E-state index contributed by atoms with van der Waals surface area (Å²) in [4.78, 5) is 89.0. The Morgan fingerprint density at radius 2 is 0.961 bits per heavy atom. The zero-order valence-electron chi connectivity index (χ0n) is 49.8. The molecule has 9 heteroatoms. The van der Waals surface area contributed by atoms with E-state index in [-0.39, 0.29) is 149 Å². The average molecular weight is 1070 g/mol. The Balaban J connectivity index is 0.000000215. The maximum absolute atomic E-state index is 14.6. The van der Waals surface area contributed by atoms with Crippen molar-refractivity contribution in [3.8, 4) is 0 Å². The number of fused-ring (bicyclic) bond motifs is 14. The maximum atomic E-state index is 14.6. The summed E-state index contributed by atoms with van der Waals surface area (Å²) in [5.41, 5.74) is -1.42. The first kappa shape index (κ1) is 58.9. The summed E-state index contributed by atoms with van der Waals surface area (Å²) >= 11 is 6.37. The van der Waals surface area contributed by atoms with Crippen molar-refractivity contribution in [2.75, 3.05) is 0 Å². The molecule has 0 unspecified atom stereocenters. The standard InChI is InChI=1S/C35H51NO3.C30H40ClNO3.2CH4/c1-9-10-11-12-28(38)35-17-15-31(3,4)20-24(35)29-26(37)19-27-32(5)21-25(36-8)30(39)22(2)23(32)13-14-33(27,6)34(29,7)16-18-35;1-17-18-8-9-28(5)22(27(18,4)16-20(32-7)24(17)34)14-21(33)23-19-15-26(2,3)10-12-30(19,25(31)35)13-11-29(23,28)6;;/h21-24,27,29H,9-20H2,1-7H3;16-19,22-23H,8-15H2,1-6H3;2*1H4/t22-,23-,24-,27+,29-,32-,33+,34+,35-;17-,18-,19-,22+,23-,27-,28+,29+,30-;;/m00../s1/i;;1T;. The van der Waals surface area contributed by atoms with Crippen LogP contribution in [0.15, 0.2) is 23.5 Å². The van der Waals surface area contributed by atoms with Gasteiger partial charge in [-0.15, -0.1) is 0 Å². The second kappa shape index (κ2) is 19.8. The monoisotopic (exact) mass is 1060 g/mol. The Morgan fingerprint density at radius 1 is 0.579 bits per heavy atom. The Morgan fingerprint density at radius 3 is 1.36 bits per heavy atom. The number of carbonyl (C=O) groups excluding carboxylic acids is 6. The molecule has 18 atom stereocenters. The summed E-state index contributed by atoms with van der Waals surface area (Å²) in [5.74, 6) is 1.10. The van der Waals surface area contributed by atoms with Gasteiger partial charge in [-0.25, -0.2) is 9.69 Å². The van der Waals surface area contributed by atoms with E-state index >= 15 is 0 Å². The third kappa shape index (κ3) is 8.30. The number of carbonyl (C=O) groups is 6. The SMILES string of the molecule is C.[3H]C.[C-]#[N+]C1=C[C@]2(C)[C@H]3CC(=O)[C@@H]4[C@@H]5CC(C)(C)CC[C@]5(C(=O)CCCCC)CC[C@@]4(C)[C@]3(C)CC[C@H]2[C@H](C)C1=O.[C-]#[N+]C1=C[C@]2(C)[C@H]3CC(=O)[C@@H]4[C@@H]5CC(C)(C)CC[C@]5(C(=O)Cl)CC[C@@]4(C)[C@]3(C)CC[C@H]2[C@H](C)C1=O. The van der Waals surface area contributed by atoms with Crippen LogP contribution in [0.1, 0.15) is 235 Å². The number of rotatable bonds is 6. The molecule has 0 bridgehead atoms. The van der Waals surface area contributed by atoms with Gasteiger partial charge in [0, 0.05) is 55.1 Å². The van der Waals surface area contributed by atoms with Crippen molar-refractivity contribution >= 4 is 45.8 Å². The van der Waals surface area contributed by atoms with Crippen LogP contribution in [-0.4, -0.2) is 34.2 Å². The zero-order valence-corrected chi connectivity index (χ0v) is 49.5. The van der Waals surface area contributed by atoms with E-state index in [1.165, 1.54) is 7.40 Å². The van der Waals surface area contributed by atoms with Crippen molar-refractivity contribution < 1.29 is 30.1 Å². The fraction of sp³-hybridized carbons (Fsp3) is 0.821. The minimum atomic E-state index is -0.579. The summed E-state index contributed by atoms with van der Waals surface area (Å²) in [5, 5.41) is -0.236. The van der Waals surface area contributed by atoms with Gasteiger partial charge >= 0.3 is 0 Å². The van der Waals surface area contributed by atoms with Gasteiger partial charge in [0.15, 0.2) is 11.6 Å². The fourth-order valence-corrected chi connectivity index (χ4v) is 21.7. The molecule has 8 nitrogen and oxygen atoms in total. The van der Waals surface area contributed by atoms with Gasteiger partial charge in [0.05, 0.1) is 13.1 Å². The predicted molar refractivity (Wildman–Crippen MR) is 304 cm³/mol. The van der Waals surface area contributed by atoms with Crippen LogP contribution in [0, 0.1) is 126 Å². The molecule has 0 saturated heterocycles. The third-order valence-corrected chi connectivity index (χ3v) is 26.5. The lowest BCUT2D eigenvalue weighted by molar-refractivity contribution is -0.218. The number of hydrogen-bond donors (Lipinski definition) is 0. The van der Waals surface area contributed by atoms with Gasteiger partial charge in [-0.05, 0) is 187 Å². The first-order valence-electron chi connectivity index (χ1n) is 30.5. The van der Waals surface area contributed by atoms with E-state index in [0.717, 1.165) is 109 Å². The molecule has 0 aromatic heterocycles. The summed E-state index contributed by atoms with van der Waals surface area (Å²) in [6, 6.07) is 0. The predicted octanol–water partition coefficient (Wildman–Crippen LogP) is 16.7. The van der Waals surface area contributed by atoms with E-state index in [4.69, 9.17) is 26.1 Å². The number of hydrogen-bond acceptors (Lipinski definition) is 6. The van der Waals surface area contributed by atoms with E-state index < -0.39 is 5.41 Å². The highest BCUT2D eigenvalue weighted by atomic mass is 35.5. The number of Topliss-reactive ketones (excluding diaryl/α,β-unsaturated/α-hetero) is 5. The van der Waals surface area contributed by atoms with Crippen LogP contribution >= 0.6 is 11.6 Å². The first-order chi connectivity index (χ1) is 35.4. The highest BCUT2D eigenvalue weighted by Crippen LogP contribution is 2.77. The summed E-state index contributed by atoms with van der Waals surface area (Å²) < 4.78 is 5.75. The second-order valence-corrected chi connectivity index (χ2v) is 30.4. The van der Waals surface area contributed by atoms with Crippen LogP contribution in [0.25, 0.3) is 9.69 Å². The summed E-state index contributed by atoms with van der Waals surface area (Å²) in [6.07, 6.45) is 21.7. The smallest absolute Gasteiger partial charge is 0.228 e. The third-order valence-electron chi connectivity index (χ3n) is 26.1. The Bertz CT molecular complexity index is 2590. The molecule has 0 aromatic carbocycles. The number of ketones is 5. The molecule has 10 rings (SSSR count). The number of unbranched alkanes of at least 4 members (excludes halogenated alkanes) is 2. The van der Waals surface area contributed by atoms with Gasteiger partial charge in [-0.1, -0.05) is 130 Å². The Labute approximate surface area is 466 Å². The molecule has 8 fully saturated rings. The first-order valence-corrected chi connectivity index (χ1v) is 29.8. The van der Waals surface area contributed by atoms with Crippen molar-refractivity contribution in [3.63, 3.8) is 0 Å². The molecule has 0 amide bonds. The van der Waals surface area contributed by atoms with Gasteiger partial charge in [0.2, 0.25) is 16.6 Å². The molecular weight excluding hydrogens is 964 g/mol. The molecule has 10 aliphatic rings. The largest absolute Gasteiger partial charge is 0.308 e. The van der Waals surface area contributed by atoms with Crippen LogP contribution in [0.5, 0.6) is 0 Å². The van der Waals surface area contributed by atoms with Crippen LogP contribution in [0.3, 0.4) is 0 Å². The quantitative estimate of drug-likeness (QED) is 0.149. The summed E-state index contributed by atoms with van der Waals surface area (Å²) in [7, 11) is 1.25. The molecule has 8 saturated carbocycles. The second-order valence-electron chi connectivity index (χ2n) is 30.1. The molecule has 0 radical (unpaired) electrons. The van der Waals surface area contributed by atoms with Crippen molar-refractivity contribution in [1.29, 1.82) is 0 Å². The van der Waals surface area contributed by atoms with Gasteiger partial charge in [-0.3, -0.25) is 19.2 Å². The van der Waals surface area contributed by atoms with Crippen LogP contribution in [-0.2, 0) is 28.8 Å². The van der Waals surface area contributed by atoms with Gasteiger partial charge in [-0.2, -0.15) is 0 Å². The minimum Gasteiger partial charge on any atom is -0.308 e. The van der Waals surface area contributed by atoms with Crippen LogP contribution < -0.4 is 0 Å². The molecular formula is C67H99ClN2O6. The summed E-state index contributed by atoms with van der Waals surface area (Å²) in [6.45, 7) is 44.7. The number of allylic oxidation sites excluding steroid dienone is 4. The van der Waals surface area contributed by atoms with Crippen molar-refractivity contribution in [2.24, 2.45) is 113 Å². The molecule has 420 valence electrons. The maximum Gasteiger partial charge on any atom is 0.228 e. The number of nitrogens with zero attached hydrogens (tertiary/aromatic N) is 2. The lowest BCUT2D eigenvalue weighted by Gasteiger charge is -2.71. The fourth-order valence-electron chi connectivity index (χ4n) is 21.4. The lowest BCUT2D eigenvalue weighted by atomic mass is 9.32. The molecule has 0 heterocycles. The van der Waals surface area contributed by atoms with Crippen LogP contribution in [0.2, 0.25) is 0 Å². The van der Waals surface area contributed by atoms with Gasteiger partial charge in [0.1, 0.15) is 17.3 Å². The minimum absolute atomic E-state index is 0. The molecule has 0 spiro atoms. The van der Waals surface area contributed by atoms with E-state index in [0.29, 0.717) is 30.8 Å². The van der Waals surface area contributed by atoms with Crippen molar-refractivity contribution in [3.05, 3.63) is 46.4 Å². The highest BCUT2D eigenvalue weighted by Gasteiger charge is 2.74. The molecule has 0 N–H and O–H groups in total. The van der Waals surface area contributed by atoms with Gasteiger partial charge in [0.25, 0.3) is 0 Å². The van der Waals surface area contributed by atoms with E-state index in [1.807, 2.05) is 26.0 Å². The van der Waals surface area contributed by atoms with E-state index in [2.05, 4.69) is 85.9 Å². The Hall–Kier alpha value is -3.23. The normalized spacial score (nSPS) is 47.3. The van der Waals surface area contributed by atoms with E-state index in [1.54, 1.807) is 0 Å². The molecule has 76 heavy (non-hydrogen) atoms. The van der Waals surface area contributed by atoms with Gasteiger partial charge < -0.3 is 9.59 Å². The zero-order chi connectivity index (χ0) is 56.4. The molecule has 10 aliphatic carbocycles. The van der Waals surface area contributed by atoms with Crippen molar-refractivity contribution in [2.45, 2.75) is 233 Å². The topological polar surface area (TPSA) is 111 Å². The van der Waals surface area contributed by atoms with Crippen LogP contribution in [0.4, 0.5) is 0 Å². The lowest BCUT2D eigenvalue weighted by Crippen LogP contribution is -2.68. The average Bonchev–Trinajstić information content (AvgIpc) is 3.47. The Kier molecular flexibility index (Phi) is 15.3. The highest BCUT2D eigenvalue weighted by molar-refractivity contribution is 6.64. The molecule has 0 aromatic rings. The van der Waals surface area contributed by atoms with E-state index in [9.17, 15) is 28.8 Å².